The lowest BCUT2D eigenvalue weighted by atomic mass is 10.1. The zero-order valence-electron chi connectivity index (χ0n) is 12.8. The van der Waals surface area contributed by atoms with E-state index in [-0.39, 0.29) is 0 Å². The van der Waals surface area contributed by atoms with Crippen LogP contribution in [-0.4, -0.2) is 20.8 Å². The van der Waals surface area contributed by atoms with Gasteiger partial charge in [-0.3, -0.25) is 4.99 Å². The molecule has 0 unspecified atom stereocenters. The molecule has 0 heterocycles. The third kappa shape index (κ3) is 6.34. The van der Waals surface area contributed by atoms with Crippen molar-refractivity contribution in [3.63, 3.8) is 0 Å². The standard InChI is InChI=1S/C16H31NSi/c1-6-11-12-16(14-17-13-7-2)15-18(8-3,9-4)10-5/h7,14-15H,2,6,8-13H2,1,3-5H3/b16-15-,17-14?. The maximum atomic E-state index is 4.44. The van der Waals surface area contributed by atoms with Gasteiger partial charge in [0.05, 0.1) is 14.6 Å². The first-order chi connectivity index (χ1) is 8.67. The molecule has 0 aromatic heterocycles. The lowest BCUT2D eigenvalue weighted by molar-refractivity contribution is 0.804. The highest BCUT2D eigenvalue weighted by atomic mass is 28.3. The fraction of sp³-hybridized carbons (Fsp3) is 0.688. The van der Waals surface area contributed by atoms with Crippen LogP contribution in [-0.2, 0) is 0 Å². The number of hydrogen-bond donors (Lipinski definition) is 0. The van der Waals surface area contributed by atoms with Crippen molar-refractivity contribution in [2.75, 3.05) is 6.54 Å². The van der Waals surface area contributed by atoms with Gasteiger partial charge in [0.15, 0.2) is 0 Å². The molecule has 0 aliphatic heterocycles. The van der Waals surface area contributed by atoms with E-state index in [1.54, 1.807) is 0 Å². The van der Waals surface area contributed by atoms with Crippen LogP contribution in [0.5, 0.6) is 0 Å². The van der Waals surface area contributed by atoms with E-state index in [1.807, 2.05) is 6.08 Å². The van der Waals surface area contributed by atoms with Crippen LogP contribution in [0.4, 0.5) is 0 Å². The van der Waals surface area contributed by atoms with E-state index in [0.717, 1.165) is 6.54 Å². The van der Waals surface area contributed by atoms with Gasteiger partial charge in [-0.15, -0.1) is 6.58 Å². The zero-order valence-corrected chi connectivity index (χ0v) is 13.8. The summed E-state index contributed by atoms with van der Waals surface area (Å²) in [5.74, 6) is 0. The van der Waals surface area contributed by atoms with Crippen molar-refractivity contribution in [3.8, 4) is 0 Å². The van der Waals surface area contributed by atoms with E-state index in [1.165, 1.54) is 43.0 Å². The molecule has 0 aliphatic rings. The van der Waals surface area contributed by atoms with Gasteiger partial charge in [0.1, 0.15) is 0 Å². The van der Waals surface area contributed by atoms with E-state index >= 15 is 0 Å². The summed E-state index contributed by atoms with van der Waals surface area (Å²) < 4.78 is 0. The van der Waals surface area contributed by atoms with E-state index in [2.05, 4.69) is 51.2 Å². The van der Waals surface area contributed by atoms with Crippen molar-refractivity contribution in [2.45, 2.75) is 65.1 Å². The average Bonchev–Trinajstić information content (AvgIpc) is 2.42. The van der Waals surface area contributed by atoms with Crippen LogP contribution < -0.4 is 0 Å². The molecule has 0 aliphatic carbocycles. The van der Waals surface area contributed by atoms with Crippen molar-refractivity contribution < 1.29 is 0 Å². The monoisotopic (exact) mass is 265 g/mol. The van der Waals surface area contributed by atoms with Crippen LogP contribution in [0.3, 0.4) is 0 Å². The fourth-order valence-corrected chi connectivity index (χ4v) is 5.37. The largest absolute Gasteiger partial charge is 0.289 e. The molecule has 104 valence electrons. The Labute approximate surface area is 115 Å². The number of unbranched alkanes of at least 4 members (excludes halogenated alkanes) is 1. The Hall–Kier alpha value is -0.633. The Kier molecular flexibility index (Phi) is 9.94. The van der Waals surface area contributed by atoms with Crippen LogP contribution in [0.2, 0.25) is 18.1 Å². The Morgan fingerprint density at radius 1 is 1.11 bits per heavy atom. The topological polar surface area (TPSA) is 12.4 Å². The Morgan fingerprint density at radius 2 is 1.72 bits per heavy atom. The van der Waals surface area contributed by atoms with Gasteiger partial charge in [-0.05, 0) is 18.4 Å². The van der Waals surface area contributed by atoms with E-state index < -0.39 is 8.07 Å². The number of hydrogen-bond acceptors (Lipinski definition) is 1. The molecule has 0 aromatic rings. The van der Waals surface area contributed by atoms with Crippen molar-refractivity contribution in [1.29, 1.82) is 0 Å². The van der Waals surface area contributed by atoms with Crippen LogP contribution in [0.15, 0.2) is 28.9 Å². The highest BCUT2D eigenvalue weighted by Crippen LogP contribution is 2.24. The molecule has 0 saturated carbocycles. The predicted molar refractivity (Wildman–Crippen MR) is 88.4 cm³/mol. The smallest absolute Gasteiger partial charge is 0.0774 e. The summed E-state index contributed by atoms with van der Waals surface area (Å²) in [6.45, 7) is 13.8. The summed E-state index contributed by atoms with van der Waals surface area (Å²) in [6.07, 6.45) is 7.67. The lowest BCUT2D eigenvalue weighted by Crippen LogP contribution is -2.29. The molecule has 2 heteroatoms. The van der Waals surface area contributed by atoms with Crippen molar-refractivity contribution >= 4 is 14.3 Å². The zero-order chi connectivity index (χ0) is 13.9. The maximum Gasteiger partial charge on any atom is 0.0774 e. The molecule has 0 radical (unpaired) electrons. The second-order valence-corrected chi connectivity index (χ2v) is 10.2. The Bertz CT molecular complexity index is 267. The molecule has 0 bridgehead atoms. The molecule has 0 N–H and O–H groups in total. The molecule has 0 atom stereocenters. The van der Waals surface area contributed by atoms with E-state index in [0.29, 0.717) is 0 Å². The molecule has 18 heavy (non-hydrogen) atoms. The SMILES string of the molecule is C=CCN=C/C(=C\[Si](CC)(CC)CC)CCCC. The van der Waals surface area contributed by atoms with Gasteiger partial charge in [0.25, 0.3) is 0 Å². The molecule has 0 rings (SSSR count). The first-order valence-electron chi connectivity index (χ1n) is 7.50. The second kappa shape index (κ2) is 10.3. The van der Waals surface area contributed by atoms with E-state index in [9.17, 15) is 0 Å². The van der Waals surface area contributed by atoms with Gasteiger partial charge < -0.3 is 0 Å². The quantitative estimate of drug-likeness (QED) is 0.284. The Morgan fingerprint density at radius 3 is 2.17 bits per heavy atom. The maximum absolute atomic E-state index is 4.44. The first-order valence-corrected chi connectivity index (χ1v) is 10.2. The van der Waals surface area contributed by atoms with Crippen LogP contribution >= 0.6 is 0 Å². The minimum Gasteiger partial charge on any atom is -0.289 e. The normalized spacial score (nSPS) is 13.2. The summed E-state index contributed by atoms with van der Waals surface area (Å²) in [4.78, 5) is 4.44. The van der Waals surface area contributed by atoms with Crippen molar-refractivity contribution in [2.24, 2.45) is 4.99 Å². The third-order valence-corrected chi connectivity index (χ3v) is 9.12. The van der Waals surface area contributed by atoms with Gasteiger partial charge in [-0.2, -0.15) is 0 Å². The average molecular weight is 266 g/mol. The Balaban J connectivity index is 4.93. The highest BCUT2D eigenvalue weighted by molar-refractivity contribution is 6.84. The van der Waals surface area contributed by atoms with Crippen molar-refractivity contribution in [3.05, 3.63) is 23.9 Å². The van der Waals surface area contributed by atoms with Crippen molar-refractivity contribution in [1.82, 2.24) is 0 Å². The van der Waals surface area contributed by atoms with Crippen LogP contribution in [0, 0.1) is 0 Å². The number of rotatable bonds is 10. The minimum absolute atomic E-state index is 0.738. The summed E-state index contributed by atoms with van der Waals surface area (Å²) in [5.41, 5.74) is 4.09. The molecule has 0 saturated heterocycles. The van der Waals surface area contributed by atoms with E-state index in [4.69, 9.17) is 0 Å². The minimum atomic E-state index is -1.17. The van der Waals surface area contributed by atoms with Crippen LogP contribution in [0.1, 0.15) is 47.0 Å². The summed E-state index contributed by atoms with van der Waals surface area (Å²) in [6, 6.07) is 4.06. The summed E-state index contributed by atoms with van der Waals surface area (Å²) in [7, 11) is -1.17. The van der Waals surface area contributed by atoms with Crippen LogP contribution in [0.25, 0.3) is 0 Å². The number of aliphatic imine (C=N–C) groups is 1. The number of allylic oxidation sites excluding steroid dienone is 1. The molecule has 0 fully saturated rings. The molecular formula is C16H31NSi. The molecule has 1 nitrogen and oxygen atoms in total. The van der Waals surface area contributed by atoms with Gasteiger partial charge in [-0.1, -0.05) is 64.0 Å². The van der Waals surface area contributed by atoms with Gasteiger partial charge in [-0.25, -0.2) is 0 Å². The number of nitrogens with zero attached hydrogens (tertiary/aromatic N) is 1. The fourth-order valence-electron chi connectivity index (χ4n) is 2.25. The summed E-state index contributed by atoms with van der Waals surface area (Å²) in [5, 5.41) is 0. The first kappa shape index (κ1) is 17.4. The summed E-state index contributed by atoms with van der Waals surface area (Å²) >= 11 is 0. The van der Waals surface area contributed by atoms with Gasteiger partial charge >= 0.3 is 0 Å². The second-order valence-electron chi connectivity index (χ2n) is 5.03. The molecular weight excluding hydrogens is 234 g/mol. The molecule has 0 amide bonds. The third-order valence-electron chi connectivity index (χ3n) is 3.91. The molecule has 0 aromatic carbocycles. The lowest BCUT2D eigenvalue weighted by Gasteiger charge is -2.25. The molecule has 0 spiro atoms. The van der Waals surface area contributed by atoms with Gasteiger partial charge in [0.2, 0.25) is 0 Å². The van der Waals surface area contributed by atoms with Gasteiger partial charge in [0, 0.05) is 6.21 Å². The highest BCUT2D eigenvalue weighted by Gasteiger charge is 2.24. The predicted octanol–water partition coefficient (Wildman–Crippen LogP) is 5.41.